The van der Waals surface area contributed by atoms with E-state index < -0.39 is 0 Å². The van der Waals surface area contributed by atoms with Gasteiger partial charge in [0.05, 0.1) is 5.02 Å². The molecule has 2 N–H and O–H groups in total. The zero-order valence-electron chi connectivity index (χ0n) is 10.5. The summed E-state index contributed by atoms with van der Waals surface area (Å²) in [6.45, 7) is 1.32. The van der Waals surface area contributed by atoms with Crippen LogP contribution in [0.4, 0.5) is 5.69 Å². The van der Waals surface area contributed by atoms with Gasteiger partial charge in [0, 0.05) is 24.7 Å². The van der Waals surface area contributed by atoms with Crippen LogP contribution in [0.3, 0.4) is 0 Å². The van der Waals surface area contributed by atoms with Crippen LogP contribution in [-0.4, -0.2) is 14.8 Å². The van der Waals surface area contributed by atoms with Crippen LogP contribution in [0, 0.1) is 0 Å². The maximum atomic E-state index is 6.06. The van der Waals surface area contributed by atoms with Crippen molar-refractivity contribution in [3.05, 3.63) is 34.9 Å². The highest BCUT2D eigenvalue weighted by Crippen LogP contribution is 2.27. The van der Waals surface area contributed by atoms with Crippen molar-refractivity contribution >= 4 is 17.3 Å². The Morgan fingerprint density at radius 1 is 1.32 bits per heavy atom. The van der Waals surface area contributed by atoms with E-state index in [-0.39, 0.29) is 0 Å². The number of anilines is 1. The molecule has 1 aromatic heterocycles. The number of nitrogens with zero attached hydrogens (tertiary/aromatic N) is 3. The van der Waals surface area contributed by atoms with Crippen molar-refractivity contribution < 1.29 is 4.74 Å². The molecule has 1 aliphatic heterocycles. The maximum absolute atomic E-state index is 6.06. The van der Waals surface area contributed by atoms with Crippen molar-refractivity contribution in [2.24, 2.45) is 0 Å². The van der Waals surface area contributed by atoms with Gasteiger partial charge in [-0.05, 0) is 25.0 Å². The van der Waals surface area contributed by atoms with Gasteiger partial charge in [0.25, 0.3) is 0 Å². The third-order valence-corrected chi connectivity index (χ3v) is 3.56. The lowest BCUT2D eigenvalue weighted by atomic mass is 10.2. The van der Waals surface area contributed by atoms with E-state index in [1.165, 1.54) is 6.42 Å². The molecule has 19 heavy (non-hydrogen) atoms. The van der Waals surface area contributed by atoms with Gasteiger partial charge in [-0.15, -0.1) is 10.2 Å². The highest BCUT2D eigenvalue weighted by molar-refractivity contribution is 6.32. The zero-order chi connectivity index (χ0) is 13.2. The number of hydrogen-bond donors (Lipinski definition) is 1. The largest absolute Gasteiger partial charge is 0.484 e. The minimum absolute atomic E-state index is 0.357. The highest BCUT2D eigenvalue weighted by atomic mass is 35.5. The van der Waals surface area contributed by atoms with E-state index in [1.807, 2.05) is 0 Å². The summed E-state index contributed by atoms with van der Waals surface area (Å²) >= 11 is 6.06. The molecule has 1 aromatic carbocycles. The summed E-state index contributed by atoms with van der Waals surface area (Å²) in [7, 11) is 0. The lowest BCUT2D eigenvalue weighted by Crippen LogP contribution is -2.14. The topological polar surface area (TPSA) is 66.0 Å². The molecule has 0 saturated carbocycles. The van der Waals surface area contributed by atoms with E-state index in [1.54, 1.807) is 18.2 Å². The van der Waals surface area contributed by atoms with Crippen LogP contribution in [0.2, 0.25) is 5.02 Å². The summed E-state index contributed by atoms with van der Waals surface area (Å²) in [6.07, 6.45) is 3.34. The van der Waals surface area contributed by atoms with E-state index in [0.29, 0.717) is 23.1 Å². The molecule has 1 aliphatic rings. The first kappa shape index (κ1) is 12.3. The maximum Gasteiger partial charge on any atom is 0.171 e. The molecule has 0 amide bonds. The molecule has 0 saturated heterocycles. The SMILES string of the molecule is Nc1ccc(Cl)c(OCc2nnc3n2CCCC3)c1. The molecule has 0 radical (unpaired) electrons. The quantitative estimate of drug-likeness (QED) is 0.876. The normalized spacial score (nSPS) is 14.2. The van der Waals surface area contributed by atoms with E-state index in [4.69, 9.17) is 22.1 Å². The predicted octanol–water partition coefficient (Wildman–Crippen LogP) is 2.43. The number of benzene rings is 1. The molecule has 2 aromatic rings. The number of hydrogen-bond acceptors (Lipinski definition) is 4. The zero-order valence-corrected chi connectivity index (χ0v) is 11.2. The predicted molar refractivity (Wildman–Crippen MR) is 73.2 cm³/mol. The molecule has 5 nitrogen and oxygen atoms in total. The third-order valence-electron chi connectivity index (χ3n) is 3.25. The molecule has 6 heteroatoms. The minimum atomic E-state index is 0.357. The van der Waals surface area contributed by atoms with Gasteiger partial charge in [0.2, 0.25) is 0 Å². The van der Waals surface area contributed by atoms with Crippen LogP contribution in [0.1, 0.15) is 24.5 Å². The number of rotatable bonds is 3. The molecule has 0 atom stereocenters. The van der Waals surface area contributed by atoms with Gasteiger partial charge >= 0.3 is 0 Å². The molecule has 0 unspecified atom stereocenters. The van der Waals surface area contributed by atoms with Gasteiger partial charge < -0.3 is 15.0 Å². The Labute approximate surface area is 116 Å². The number of ether oxygens (including phenoxy) is 1. The first-order chi connectivity index (χ1) is 9.24. The number of aromatic nitrogens is 3. The van der Waals surface area contributed by atoms with Gasteiger partial charge in [-0.3, -0.25) is 0 Å². The molecular formula is C13H15ClN4O. The second-order valence-corrected chi connectivity index (χ2v) is 5.03. The first-order valence-electron chi connectivity index (χ1n) is 6.33. The van der Waals surface area contributed by atoms with Crippen LogP contribution in [0.25, 0.3) is 0 Å². The Hall–Kier alpha value is -1.75. The van der Waals surface area contributed by atoms with Crippen LogP contribution in [0.5, 0.6) is 5.75 Å². The van der Waals surface area contributed by atoms with Crippen molar-refractivity contribution in [2.75, 3.05) is 5.73 Å². The van der Waals surface area contributed by atoms with E-state index in [2.05, 4.69) is 14.8 Å². The average molecular weight is 279 g/mol. The van der Waals surface area contributed by atoms with Gasteiger partial charge in [0.15, 0.2) is 5.82 Å². The second-order valence-electron chi connectivity index (χ2n) is 4.62. The smallest absolute Gasteiger partial charge is 0.171 e. The Bertz CT molecular complexity index is 596. The standard InChI is InChI=1S/C13H15ClN4O/c14-10-5-4-9(15)7-11(10)19-8-13-17-16-12-3-1-2-6-18(12)13/h4-5,7H,1-3,6,8,15H2. The molecule has 0 spiro atoms. The fraction of sp³-hybridized carbons (Fsp3) is 0.385. The van der Waals surface area contributed by atoms with Gasteiger partial charge in [-0.1, -0.05) is 11.6 Å². The second kappa shape index (κ2) is 5.09. The van der Waals surface area contributed by atoms with Gasteiger partial charge in [0.1, 0.15) is 18.2 Å². The average Bonchev–Trinajstić information content (AvgIpc) is 2.83. The molecule has 3 rings (SSSR count). The molecule has 100 valence electrons. The lowest BCUT2D eigenvalue weighted by Gasteiger charge is -2.15. The number of fused-ring (bicyclic) bond motifs is 1. The highest BCUT2D eigenvalue weighted by Gasteiger charge is 2.16. The number of nitrogens with two attached hydrogens (primary N) is 1. The van der Waals surface area contributed by atoms with Crippen molar-refractivity contribution in [1.29, 1.82) is 0 Å². The summed E-state index contributed by atoms with van der Waals surface area (Å²) in [5.41, 5.74) is 6.34. The van der Waals surface area contributed by atoms with E-state index >= 15 is 0 Å². The van der Waals surface area contributed by atoms with Crippen LogP contribution in [0.15, 0.2) is 18.2 Å². The Morgan fingerprint density at radius 2 is 2.21 bits per heavy atom. The van der Waals surface area contributed by atoms with E-state index in [9.17, 15) is 0 Å². The van der Waals surface area contributed by atoms with Crippen molar-refractivity contribution in [1.82, 2.24) is 14.8 Å². The molecule has 0 aliphatic carbocycles. The van der Waals surface area contributed by atoms with Crippen molar-refractivity contribution in [2.45, 2.75) is 32.4 Å². The summed E-state index contributed by atoms with van der Waals surface area (Å²) in [6, 6.07) is 5.19. The fourth-order valence-corrected chi connectivity index (χ4v) is 2.42. The van der Waals surface area contributed by atoms with E-state index in [0.717, 1.165) is 31.0 Å². The van der Waals surface area contributed by atoms with Crippen LogP contribution >= 0.6 is 11.6 Å². The summed E-state index contributed by atoms with van der Waals surface area (Å²) in [5, 5.41) is 8.91. The summed E-state index contributed by atoms with van der Waals surface area (Å²) < 4.78 is 7.82. The number of halogens is 1. The molecular weight excluding hydrogens is 264 g/mol. The van der Waals surface area contributed by atoms with Gasteiger partial charge in [-0.25, -0.2) is 0 Å². The fourth-order valence-electron chi connectivity index (χ4n) is 2.25. The molecule has 0 fully saturated rings. The Morgan fingerprint density at radius 3 is 3.11 bits per heavy atom. The third kappa shape index (κ3) is 2.51. The monoisotopic (exact) mass is 278 g/mol. The summed E-state index contributed by atoms with van der Waals surface area (Å²) in [4.78, 5) is 0. The minimum Gasteiger partial charge on any atom is -0.484 e. The molecule has 0 bridgehead atoms. The van der Waals surface area contributed by atoms with Gasteiger partial charge in [-0.2, -0.15) is 0 Å². The Balaban J connectivity index is 1.75. The first-order valence-corrected chi connectivity index (χ1v) is 6.70. The number of nitrogen functional groups attached to an aromatic ring is 1. The van der Waals surface area contributed by atoms with Crippen LogP contribution in [-0.2, 0) is 19.6 Å². The number of aryl methyl sites for hydroxylation is 1. The van der Waals surface area contributed by atoms with Crippen molar-refractivity contribution in [3.63, 3.8) is 0 Å². The van der Waals surface area contributed by atoms with Crippen molar-refractivity contribution in [3.8, 4) is 5.75 Å². The summed E-state index contributed by atoms with van der Waals surface area (Å²) in [5.74, 6) is 2.46. The lowest BCUT2D eigenvalue weighted by molar-refractivity contribution is 0.286. The molecule has 2 heterocycles. The Kier molecular flexibility index (Phi) is 3.29. The van der Waals surface area contributed by atoms with Crippen LogP contribution < -0.4 is 10.5 Å².